The van der Waals surface area contributed by atoms with Crippen molar-refractivity contribution in [2.75, 3.05) is 6.61 Å². The van der Waals surface area contributed by atoms with Crippen molar-refractivity contribution in [3.05, 3.63) is 35.9 Å². The molecule has 1 aromatic carbocycles. The Balaban J connectivity index is 1.73. The molecule has 146 valence electrons. The van der Waals surface area contributed by atoms with Crippen LogP contribution < -0.4 is 10.9 Å². The first-order chi connectivity index (χ1) is 12.4. The fraction of sp³-hybridized carbons (Fsp3) is 0.562. The molecule has 1 aliphatic heterocycles. The number of carbonyl (C=O) groups excluding carboxylic acids is 1. The molecule has 2 rings (SSSR count). The van der Waals surface area contributed by atoms with Gasteiger partial charge in [-0.15, -0.1) is 0 Å². The highest BCUT2D eigenvalue weighted by Crippen LogP contribution is 2.22. The molecular weight excluding hydrogens is 348 g/mol. The fourth-order valence-corrected chi connectivity index (χ4v) is 2.33. The molecule has 0 aliphatic carbocycles. The zero-order valence-electron chi connectivity index (χ0n) is 14.2. The Morgan fingerprint density at radius 3 is 2.54 bits per heavy atom. The van der Waals surface area contributed by atoms with E-state index in [0.717, 1.165) is 5.56 Å². The summed E-state index contributed by atoms with van der Waals surface area (Å²) in [5, 5.41) is 38.4. The average molecular weight is 372 g/mol. The first-order valence-electron chi connectivity index (χ1n) is 8.10. The number of hydrazine groups is 1. The van der Waals surface area contributed by atoms with Crippen LogP contribution in [0.2, 0.25) is 0 Å². The monoisotopic (exact) mass is 372 g/mol. The van der Waals surface area contributed by atoms with Crippen LogP contribution in [-0.2, 0) is 20.8 Å². The zero-order valence-corrected chi connectivity index (χ0v) is 14.2. The number of hydrogen-bond acceptors (Lipinski definition) is 9. The van der Waals surface area contributed by atoms with Crippen LogP contribution in [0.1, 0.15) is 12.5 Å². The first-order valence-corrected chi connectivity index (χ1v) is 8.10. The number of benzene rings is 1. The van der Waals surface area contributed by atoms with Crippen LogP contribution in [0.4, 0.5) is 4.79 Å². The van der Waals surface area contributed by atoms with E-state index in [1.54, 1.807) is 0 Å². The van der Waals surface area contributed by atoms with Crippen LogP contribution in [0.5, 0.6) is 0 Å². The molecule has 1 fully saturated rings. The minimum absolute atomic E-state index is 0.0936. The maximum atomic E-state index is 11.6. The number of aliphatic hydroxyl groups is 4. The van der Waals surface area contributed by atoms with Crippen molar-refractivity contribution in [3.63, 3.8) is 0 Å². The lowest BCUT2D eigenvalue weighted by atomic mass is 9.99. The summed E-state index contributed by atoms with van der Waals surface area (Å²) in [6, 6.07) is 9.12. The summed E-state index contributed by atoms with van der Waals surface area (Å²) in [5.74, 6) is 0. The number of aliphatic hydroxyl groups excluding tert-OH is 4. The number of amides is 1. The first kappa shape index (κ1) is 20.5. The molecule has 10 nitrogen and oxygen atoms in total. The van der Waals surface area contributed by atoms with E-state index in [1.807, 2.05) is 30.3 Å². The maximum absolute atomic E-state index is 11.6. The molecule has 1 unspecified atom stereocenters. The van der Waals surface area contributed by atoms with Gasteiger partial charge in [0.05, 0.1) is 6.61 Å². The van der Waals surface area contributed by atoms with Gasteiger partial charge < -0.3 is 34.6 Å². The van der Waals surface area contributed by atoms with Crippen molar-refractivity contribution in [2.24, 2.45) is 0 Å². The second kappa shape index (κ2) is 9.78. The molecule has 0 aromatic heterocycles. The van der Waals surface area contributed by atoms with E-state index in [9.17, 15) is 20.1 Å². The molecule has 6 N–H and O–H groups in total. The lowest BCUT2D eigenvalue weighted by Crippen LogP contribution is -2.60. The van der Waals surface area contributed by atoms with Gasteiger partial charge in [-0.25, -0.2) is 10.2 Å². The molecule has 1 aliphatic rings. The molecule has 1 aromatic rings. The number of ether oxygens (including phenoxy) is 3. The van der Waals surface area contributed by atoms with Gasteiger partial charge in [-0.2, -0.15) is 0 Å². The number of hydrogen-bond donors (Lipinski definition) is 6. The number of rotatable bonds is 7. The Kier molecular flexibility index (Phi) is 7.72. The Hall–Kier alpha value is -1.79. The molecule has 0 saturated carbocycles. The molecule has 26 heavy (non-hydrogen) atoms. The van der Waals surface area contributed by atoms with Crippen molar-refractivity contribution in [1.82, 2.24) is 10.9 Å². The SMILES string of the molecule is CC(NNC(=O)OCc1ccccc1)O[C@@H]1O[C@H](CO)[C@H](O)[C@H](O)[C@H]1O. The van der Waals surface area contributed by atoms with E-state index in [0.29, 0.717) is 0 Å². The quantitative estimate of drug-likeness (QED) is 0.250. The standard InChI is InChI=1S/C16H24N2O8/c1-9(17-18-16(23)24-8-10-5-3-2-4-6-10)25-15-14(22)13(21)12(20)11(7-19)26-15/h2-6,9,11-15,17,19-22H,7-8H2,1H3,(H,18,23)/t9?,11-,12+,13+,14-,15-/m1/s1. The Morgan fingerprint density at radius 1 is 1.19 bits per heavy atom. The smallest absolute Gasteiger partial charge is 0.422 e. The van der Waals surface area contributed by atoms with E-state index in [-0.39, 0.29) is 6.61 Å². The highest BCUT2D eigenvalue weighted by Gasteiger charge is 2.44. The molecule has 1 heterocycles. The van der Waals surface area contributed by atoms with Crippen LogP contribution in [0, 0.1) is 0 Å². The van der Waals surface area contributed by atoms with Gasteiger partial charge in [-0.3, -0.25) is 5.43 Å². The topological polar surface area (TPSA) is 150 Å². The number of carbonyl (C=O) groups is 1. The lowest BCUT2D eigenvalue weighted by molar-refractivity contribution is -0.312. The second-order valence-electron chi connectivity index (χ2n) is 5.81. The zero-order chi connectivity index (χ0) is 19.1. The van der Waals surface area contributed by atoms with Gasteiger partial charge >= 0.3 is 6.09 Å². The molecule has 0 spiro atoms. The van der Waals surface area contributed by atoms with Crippen molar-refractivity contribution in [3.8, 4) is 0 Å². The van der Waals surface area contributed by atoms with Crippen LogP contribution >= 0.6 is 0 Å². The van der Waals surface area contributed by atoms with E-state index in [4.69, 9.17) is 19.3 Å². The second-order valence-corrected chi connectivity index (χ2v) is 5.81. The maximum Gasteiger partial charge on any atom is 0.422 e. The predicted octanol–water partition coefficient (Wildman–Crippen LogP) is -1.42. The molecular formula is C16H24N2O8. The van der Waals surface area contributed by atoms with Crippen LogP contribution in [-0.4, -0.2) is 70.1 Å². The van der Waals surface area contributed by atoms with E-state index in [2.05, 4.69) is 10.9 Å². The summed E-state index contributed by atoms with van der Waals surface area (Å²) in [6.45, 7) is 1.05. The Morgan fingerprint density at radius 2 is 1.88 bits per heavy atom. The van der Waals surface area contributed by atoms with Gasteiger partial charge in [0.15, 0.2) is 6.29 Å². The third kappa shape index (κ3) is 5.61. The van der Waals surface area contributed by atoms with Gasteiger partial charge in [0.25, 0.3) is 0 Å². The Labute approximate surface area is 150 Å². The summed E-state index contributed by atoms with van der Waals surface area (Å²) in [7, 11) is 0. The molecule has 1 saturated heterocycles. The van der Waals surface area contributed by atoms with Crippen LogP contribution in [0.25, 0.3) is 0 Å². The summed E-state index contributed by atoms with van der Waals surface area (Å²) >= 11 is 0. The van der Waals surface area contributed by atoms with Gasteiger partial charge in [0.1, 0.15) is 37.3 Å². The van der Waals surface area contributed by atoms with Crippen molar-refractivity contribution in [2.45, 2.75) is 50.5 Å². The van der Waals surface area contributed by atoms with Crippen molar-refractivity contribution in [1.29, 1.82) is 0 Å². The molecule has 10 heteroatoms. The minimum atomic E-state index is -1.54. The summed E-state index contributed by atoms with van der Waals surface area (Å²) in [4.78, 5) is 11.6. The average Bonchev–Trinajstić information content (AvgIpc) is 2.66. The van der Waals surface area contributed by atoms with E-state index in [1.165, 1.54) is 6.92 Å². The molecule has 0 radical (unpaired) electrons. The van der Waals surface area contributed by atoms with Crippen molar-refractivity contribution < 1.29 is 39.4 Å². The molecule has 0 bridgehead atoms. The highest BCUT2D eigenvalue weighted by molar-refractivity contribution is 5.66. The molecule has 6 atom stereocenters. The van der Waals surface area contributed by atoms with Crippen LogP contribution in [0.15, 0.2) is 30.3 Å². The van der Waals surface area contributed by atoms with Gasteiger partial charge in [0.2, 0.25) is 0 Å². The predicted molar refractivity (Wildman–Crippen MR) is 87.2 cm³/mol. The van der Waals surface area contributed by atoms with Crippen molar-refractivity contribution >= 4 is 6.09 Å². The van der Waals surface area contributed by atoms with Crippen LogP contribution in [0.3, 0.4) is 0 Å². The Bertz CT molecular complexity index is 558. The summed E-state index contributed by atoms with van der Waals surface area (Å²) < 4.78 is 15.5. The van der Waals surface area contributed by atoms with E-state index >= 15 is 0 Å². The molecule has 1 amide bonds. The van der Waals surface area contributed by atoms with Gasteiger partial charge in [-0.05, 0) is 12.5 Å². The van der Waals surface area contributed by atoms with Gasteiger partial charge in [0, 0.05) is 0 Å². The summed E-state index contributed by atoms with van der Waals surface area (Å²) in [6.07, 6.45) is -8.49. The van der Waals surface area contributed by atoms with Gasteiger partial charge in [-0.1, -0.05) is 30.3 Å². The number of nitrogens with one attached hydrogen (secondary N) is 2. The highest BCUT2D eigenvalue weighted by atomic mass is 16.7. The third-order valence-corrected chi connectivity index (χ3v) is 3.78. The largest absolute Gasteiger partial charge is 0.444 e. The van der Waals surface area contributed by atoms with E-state index < -0.39 is 49.6 Å². The summed E-state index contributed by atoms with van der Waals surface area (Å²) in [5.41, 5.74) is 5.60. The third-order valence-electron chi connectivity index (χ3n) is 3.78. The fourth-order valence-electron chi connectivity index (χ4n) is 2.33. The lowest BCUT2D eigenvalue weighted by Gasteiger charge is -2.40. The normalized spacial score (nSPS) is 29.8. The minimum Gasteiger partial charge on any atom is -0.444 e.